The van der Waals surface area contributed by atoms with Crippen molar-refractivity contribution < 1.29 is 14.5 Å². The molecule has 0 saturated carbocycles. The molecule has 0 bridgehead atoms. The van der Waals surface area contributed by atoms with Gasteiger partial charge in [0.15, 0.2) is 6.10 Å². The number of carbonyl (C=O) groups is 1. The summed E-state index contributed by atoms with van der Waals surface area (Å²) < 4.78 is 6.45. The number of nitrogens with one attached hydrogen (secondary N) is 1. The van der Waals surface area contributed by atoms with Crippen LogP contribution in [0.3, 0.4) is 0 Å². The Labute approximate surface area is 141 Å². The van der Waals surface area contributed by atoms with Gasteiger partial charge in [-0.3, -0.25) is 14.9 Å². The highest BCUT2D eigenvalue weighted by Gasteiger charge is 2.17. The predicted molar refractivity (Wildman–Crippen MR) is 90.7 cm³/mol. The standard InChI is InChI=1S/C16H15BrN2O4/c1-10-3-6-13(9-15(10)19(21)22)18-16(20)11(2)23-14-7-4-12(17)5-8-14/h3-9,11H,1-2H3,(H,18,20). The maximum absolute atomic E-state index is 12.1. The van der Waals surface area contributed by atoms with Gasteiger partial charge in [0, 0.05) is 21.8 Å². The summed E-state index contributed by atoms with van der Waals surface area (Å²) >= 11 is 3.32. The highest BCUT2D eigenvalue weighted by atomic mass is 79.9. The molecule has 0 spiro atoms. The van der Waals surface area contributed by atoms with Gasteiger partial charge in [0.05, 0.1) is 4.92 Å². The van der Waals surface area contributed by atoms with Crippen LogP contribution in [0.5, 0.6) is 5.75 Å². The lowest BCUT2D eigenvalue weighted by Gasteiger charge is -2.15. The van der Waals surface area contributed by atoms with Crippen LogP contribution in [0.2, 0.25) is 0 Å². The topological polar surface area (TPSA) is 81.5 Å². The van der Waals surface area contributed by atoms with Gasteiger partial charge in [-0.2, -0.15) is 0 Å². The number of ether oxygens (including phenoxy) is 1. The molecule has 0 aliphatic rings. The lowest BCUT2D eigenvalue weighted by Crippen LogP contribution is -2.30. The van der Waals surface area contributed by atoms with E-state index < -0.39 is 11.0 Å². The molecular weight excluding hydrogens is 364 g/mol. The number of benzene rings is 2. The normalized spacial score (nSPS) is 11.6. The average Bonchev–Trinajstić information content (AvgIpc) is 2.51. The van der Waals surface area contributed by atoms with Gasteiger partial charge in [0.2, 0.25) is 0 Å². The number of hydrogen-bond acceptors (Lipinski definition) is 4. The van der Waals surface area contributed by atoms with E-state index in [4.69, 9.17) is 4.74 Å². The minimum atomic E-state index is -0.739. The van der Waals surface area contributed by atoms with Crippen LogP contribution in [0.1, 0.15) is 12.5 Å². The van der Waals surface area contributed by atoms with Crippen LogP contribution < -0.4 is 10.1 Å². The summed E-state index contributed by atoms with van der Waals surface area (Å²) in [4.78, 5) is 22.6. The molecule has 1 unspecified atom stereocenters. The minimum absolute atomic E-state index is 0.0377. The number of carbonyl (C=O) groups excluding carboxylic acids is 1. The van der Waals surface area contributed by atoms with E-state index in [9.17, 15) is 14.9 Å². The Kier molecular flexibility index (Phi) is 5.33. The van der Waals surface area contributed by atoms with E-state index in [-0.39, 0.29) is 11.6 Å². The molecule has 6 nitrogen and oxygen atoms in total. The van der Waals surface area contributed by atoms with Crippen molar-refractivity contribution in [2.45, 2.75) is 20.0 Å². The molecule has 0 aliphatic heterocycles. The molecule has 0 aromatic heterocycles. The molecule has 2 rings (SSSR count). The maximum Gasteiger partial charge on any atom is 0.274 e. The molecule has 1 N–H and O–H groups in total. The van der Waals surface area contributed by atoms with Crippen LogP contribution in [-0.4, -0.2) is 16.9 Å². The monoisotopic (exact) mass is 378 g/mol. The molecule has 7 heteroatoms. The van der Waals surface area contributed by atoms with E-state index in [1.165, 1.54) is 6.07 Å². The number of nitrogens with zero attached hydrogens (tertiary/aromatic N) is 1. The van der Waals surface area contributed by atoms with Gasteiger partial charge in [0.1, 0.15) is 5.75 Å². The molecule has 0 heterocycles. The van der Waals surface area contributed by atoms with Crippen molar-refractivity contribution in [3.8, 4) is 5.75 Å². The van der Waals surface area contributed by atoms with E-state index in [2.05, 4.69) is 21.2 Å². The zero-order valence-electron chi connectivity index (χ0n) is 12.6. The van der Waals surface area contributed by atoms with E-state index in [0.717, 1.165) is 4.47 Å². The third kappa shape index (κ3) is 4.53. The fraction of sp³-hybridized carbons (Fsp3) is 0.188. The summed E-state index contributed by atoms with van der Waals surface area (Å²) in [5, 5.41) is 13.5. The Balaban J connectivity index is 2.04. The van der Waals surface area contributed by atoms with Gasteiger partial charge < -0.3 is 10.1 Å². The summed E-state index contributed by atoms with van der Waals surface area (Å²) in [6, 6.07) is 11.6. The molecule has 0 radical (unpaired) electrons. The van der Waals surface area contributed by atoms with Gasteiger partial charge in [-0.15, -0.1) is 0 Å². The quantitative estimate of drug-likeness (QED) is 0.627. The fourth-order valence-corrected chi connectivity index (χ4v) is 2.16. The van der Waals surface area contributed by atoms with E-state index in [1.54, 1.807) is 38.1 Å². The van der Waals surface area contributed by atoms with Gasteiger partial charge in [-0.05, 0) is 44.2 Å². The number of halogens is 1. The minimum Gasteiger partial charge on any atom is -0.481 e. The first-order valence-corrected chi connectivity index (χ1v) is 7.64. The number of anilines is 1. The van der Waals surface area contributed by atoms with E-state index in [1.807, 2.05) is 12.1 Å². The largest absolute Gasteiger partial charge is 0.481 e. The molecular formula is C16H15BrN2O4. The second kappa shape index (κ2) is 7.23. The number of rotatable bonds is 5. The molecule has 0 aliphatic carbocycles. The Morgan fingerprint density at radius 3 is 2.52 bits per heavy atom. The van der Waals surface area contributed by atoms with Crippen molar-refractivity contribution >= 4 is 33.2 Å². The molecule has 1 amide bonds. The van der Waals surface area contributed by atoms with Crippen LogP contribution in [0.4, 0.5) is 11.4 Å². The van der Waals surface area contributed by atoms with Crippen molar-refractivity contribution in [1.29, 1.82) is 0 Å². The third-order valence-electron chi connectivity index (χ3n) is 3.17. The van der Waals surface area contributed by atoms with Crippen LogP contribution in [0, 0.1) is 17.0 Å². The highest BCUT2D eigenvalue weighted by Crippen LogP contribution is 2.23. The molecule has 0 saturated heterocycles. The van der Waals surface area contributed by atoms with Crippen molar-refractivity contribution in [1.82, 2.24) is 0 Å². The lowest BCUT2D eigenvalue weighted by atomic mass is 10.2. The second-order valence-corrected chi connectivity index (χ2v) is 5.88. The fourth-order valence-electron chi connectivity index (χ4n) is 1.90. The number of hydrogen-bond donors (Lipinski definition) is 1. The zero-order valence-corrected chi connectivity index (χ0v) is 14.2. The van der Waals surface area contributed by atoms with Gasteiger partial charge >= 0.3 is 0 Å². The number of nitro benzene ring substituents is 1. The number of nitro groups is 1. The van der Waals surface area contributed by atoms with E-state index in [0.29, 0.717) is 17.0 Å². The van der Waals surface area contributed by atoms with Crippen LogP contribution in [0.15, 0.2) is 46.9 Å². The highest BCUT2D eigenvalue weighted by molar-refractivity contribution is 9.10. The second-order valence-electron chi connectivity index (χ2n) is 4.96. The maximum atomic E-state index is 12.1. The molecule has 2 aromatic carbocycles. The number of amides is 1. The Hall–Kier alpha value is -2.41. The molecule has 1 atom stereocenters. The van der Waals surface area contributed by atoms with Crippen molar-refractivity contribution in [2.75, 3.05) is 5.32 Å². The van der Waals surface area contributed by atoms with Gasteiger partial charge in [-0.25, -0.2) is 0 Å². The third-order valence-corrected chi connectivity index (χ3v) is 3.70. The van der Waals surface area contributed by atoms with Crippen LogP contribution >= 0.6 is 15.9 Å². The first kappa shape index (κ1) is 17.0. The SMILES string of the molecule is Cc1ccc(NC(=O)C(C)Oc2ccc(Br)cc2)cc1[N+](=O)[O-]. The summed E-state index contributed by atoms with van der Waals surface area (Å²) in [5.74, 6) is 0.178. The van der Waals surface area contributed by atoms with Crippen molar-refractivity contribution in [3.63, 3.8) is 0 Å². The van der Waals surface area contributed by atoms with Gasteiger partial charge in [0.25, 0.3) is 11.6 Å². The average molecular weight is 379 g/mol. The summed E-state index contributed by atoms with van der Waals surface area (Å²) in [6.07, 6.45) is -0.739. The summed E-state index contributed by atoms with van der Waals surface area (Å²) in [6.45, 7) is 3.25. The molecule has 0 fully saturated rings. The summed E-state index contributed by atoms with van der Waals surface area (Å²) in [5.41, 5.74) is 0.856. The van der Waals surface area contributed by atoms with E-state index >= 15 is 0 Å². The van der Waals surface area contributed by atoms with Crippen LogP contribution in [-0.2, 0) is 4.79 Å². The van der Waals surface area contributed by atoms with Crippen molar-refractivity contribution in [3.05, 3.63) is 62.6 Å². The summed E-state index contributed by atoms with van der Waals surface area (Å²) in [7, 11) is 0. The first-order valence-electron chi connectivity index (χ1n) is 6.85. The first-order chi connectivity index (χ1) is 10.9. The lowest BCUT2D eigenvalue weighted by molar-refractivity contribution is -0.385. The smallest absolute Gasteiger partial charge is 0.274 e. The van der Waals surface area contributed by atoms with Gasteiger partial charge in [-0.1, -0.05) is 22.0 Å². The Bertz CT molecular complexity index is 731. The Morgan fingerprint density at radius 2 is 1.91 bits per heavy atom. The van der Waals surface area contributed by atoms with Crippen molar-refractivity contribution in [2.24, 2.45) is 0 Å². The molecule has 23 heavy (non-hydrogen) atoms. The predicted octanol–water partition coefficient (Wildman–Crippen LogP) is 4.07. The molecule has 120 valence electrons. The zero-order chi connectivity index (χ0) is 17.0. The van der Waals surface area contributed by atoms with Crippen LogP contribution in [0.25, 0.3) is 0 Å². The molecule has 2 aromatic rings. The Morgan fingerprint density at radius 1 is 1.26 bits per heavy atom. The number of aryl methyl sites for hydroxylation is 1.